The third-order valence-corrected chi connectivity index (χ3v) is 4.69. The molecule has 2 aromatic rings. The summed E-state index contributed by atoms with van der Waals surface area (Å²) in [5.74, 6) is 1.21. The van der Waals surface area contributed by atoms with Gasteiger partial charge in [-0.25, -0.2) is 4.98 Å². The second-order valence-electron chi connectivity index (χ2n) is 6.21. The van der Waals surface area contributed by atoms with E-state index in [1.54, 1.807) is 11.0 Å². The first-order valence-corrected chi connectivity index (χ1v) is 9.45. The Morgan fingerprint density at radius 1 is 1.38 bits per heavy atom. The quantitative estimate of drug-likeness (QED) is 0.590. The van der Waals surface area contributed by atoms with E-state index in [2.05, 4.69) is 31.5 Å². The van der Waals surface area contributed by atoms with Gasteiger partial charge in [-0.3, -0.25) is 4.79 Å². The van der Waals surface area contributed by atoms with E-state index >= 15 is 0 Å². The van der Waals surface area contributed by atoms with Gasteiger partial charge in [0, 0.05) is 19.0 Å². The molecule has 1 aromatic carbocycles. The predicted molar refractivity (Wildman–Crippen MR) is 104 cm³/mol. The molecule has 0 bridgehead atoms. The lowest BCUT2D eigenvalue weighted by molar-refractivity contribution is -0.135. The van der Waals surface area contributed by atoms with Crippen LogP contribution in [0.3, 0.4) is 0 Å². The molecule has 0 aliphatic heterocycles. The predicted octanol–water partition coefficient (Wildman–Crippen LogP) is 4.01. The summed E-state index contributed by atoms with van der Waals surface area (Å²) in [7, 11) is 1.51. The average Bonchev–Trinajstić information content (AvgIpc) is 3.07. The van der Waals surface area contributed by atoms with Crippen LogP contribution in [-0.2, 0) is 22.7 Å². The van der Waals surface area contributed by atoms with Gasteiger partial charge in [-0.1, -0.05) is 38.1 Å². The number of ether oxygens (including phenoxy) is 2. The molecule has 1 heterocycles. The molecule has 1 aromatic heterocycles. The first-order chi connectivity index (χ1) is 12.5. The van der Waals surface area contributed by atoms with Crippen LogP contribution >= 0.6 is 11.3 Å². The minimum absolute atomic E-state index is 0.0555. The van der Waals surface area contributed by atoms with E-state index in [9.17, 15) is 4.79 Å². The molecular formula is C20H26N2O3S. The Kier molecular flexibility index (Phi) is 7.81. The van der Waals surface area contributed by atoms with Crippen LogP contribution in [0.25, 0.3) is 0 Å². The number of carbonyl (C=O) groups is 1. The Morgan fingerprint density at radius 3 is 2.85 bits per heavy atom. The van der Waals surface area contributed by atoms with Crippen molar-refractivity contribution in [1.82, 2.24) is 9.88 Å². The largest absolute Gasteiger partial charge is 0.486 e. The Bertz CT molecular complexity index is 727. The molecule has 0 radical (unpaired) electrons. The zero-order valence-corrected chi connectivity index (χ0v) is 16.4. The van der Waals surface area contributed by atoms with Crippen LogP contribution in [-0.4, -0.2) is 36.1 Å². The Hall–Kier alpha value is -2.18. The van der Waals surface area contributed by atoms with E-state index in [1.807, 2.05) is 23.6 Å². The number of hydrogen-bond donors (Lipinski definition) is 0. The lowest BCUT2D eigenvalue weighted by Gasteiger charge is -2.19. The third-order valence-electron chi connectivity index (χ3n) is 3.81. The van der Waals surface area contributed by atoms with Crippen molar-refractivity contribution in [3.05, 3.63) is 58.6 Å². The van der Waals surface area contributed by atoms with Gasteiger partial charge in [0.2, 0.25) is 5.91 Å². The lowest BCUT2D eigenvalue weighted by atomic mass is 10.0. The van der Waals surface area contributed by atoms with Gasteiger partial charge in [0.15, 0.2) is 0 Å². The van der Waals surface area contributed by atoms with Crippen molar-refractivity contribution in [2.24, 2.45) is 0 Å². The van der Waals surface area contributed by atoms with Gasteiger partial charge in [-0.15, -0.1) is 17.9 Å². The number of para-hydroxylation sites is 1. The van der Waals surface area contributed by atoms with Crippen LogP contribution < -0.4 is 4.74 Å². The maximum absolute atomic E-state index is 12.1. The molecule has 2 rings (SSSR count). The van der Waals surface area contributed by atoms with Gasteiger partial charge in [0.05, 0.1) is 12.2 Å². The number of carbonyl (C=O) groups excluding carboxylic acids is 1. The second-order valence-corrected chi connectivity index (χ2v) is 7.15. The first kappa shape index (κ1) is 20.1. The fourth-order valence-corrected chi connectivity index (χ4v) is 3.23. The van der Waals surface area contributed by atoms with Gasteiger partial charge >= 0.3 is 0 Å². The molecule has 0 saturated heterocycles. The Morgan fingerprint density at radius 2 is 2.15 bits per heavy atom. The molecule has 0 fully saturated rings. The molecule has 0 spiro atoms. The third kappa shape index (κ3) is 5.68. The fourth-order valence-electron chi connectivity index (χ4n) is 2.54. The molecule has 0 saturated carbocycles. The van der Waals surface area contributed by atoms with Crippen molar-refractivity contribution in [2.45, 2.75) is 32.9 Å². The van der Waals surface area contributed by atoms with Gasteiger partial charge in [-0.05, 0) is 17.5 Å². The molecule has 0 atom stereocenters. The molecule has 5 nitrogen and oxygen atoms in total. The van der Waals surface area contributed by atoms with Gasteiger partial charge in [0.1, 0.15) is 24.0 Å². The maximum Gasteiger partial charge on any atom is 0.249 e. The topological polar surface area (TPSA) is 51.7 Å². The van der Waals surface area contributed by atoms with Crippen LogP contribution in [0.4, 0.5) is 0 Å². The lowest BCUT2D eigenvalue weighted by Crippen LogP contribution is -2.33. The molecule has 0 aliphatic carbocycles. The monoisotopic (exact) mass is 374 g/mol. The van der Waals surface area contributed by atoms with Crippen LogP contribution in [0.15, 0.2) is 42.3 Å². The van der Waals surface area contributed by atoms with E-state index in [4.69, 9.17) is 9.47 Å². The summed E-state index contributed by atoms with van der Waals surface area (Å²) in [6.45, 7) is 9.38. The minimum Gasteiger partial charge on any atom is -0.486 e. The highest BCUT2D eigenvalue weighted by Crippen LogP contribution is 2.27. The summed E-state index contributed by atoms with van der Waals surface area (Å²) in [5, 5.41) is 2.85. The zero-order valence-electron chi connectivity index (χ0n) is 15.6. The van der Waals surface area contributed by atoms with E-state index in [1.165, 1.54) is 24.0 Å². The van der Waals surface area contributed by atoms with Crippen molar-refractivity contribution in [3.8, 4) is 5.75 Å². The highest BCUT2D eigenvalue weighted by molar-refractivity contribution is 7.09. The Labute approximate surface area is 159 Å². The maximum atomic E-state index is 12.1. The van der Waals surface area contributed by atoms with Gasteiger partial charge in [0.25, 0.3) is 0 Å². The molecule has 0 aliphatic rings. The first-order valence-electron chi connectivity index (χ1n) is 8.57. The van der Waals surface area contributed by atoms with E-state index in [0.717, 1.165) is 16.5 Å². The fraction of sp³-hybridized carbons (Fsp3) is 0.400. The molecule has 26 heavy (non-hydrogen) atoms. The van der Waals surface area contributed by atoms with Crippen LogP contribution in [0.5, 0.6) is 5.75 Å². The van der Waals surface area contributed by atoms with Gasteiger partial charge in [-0.2, -0.15) is 0 Å². The summed E-state index contributed by atoms with van der Waals surface area (Å²) in [5.41, 5.74) is 2.03. The van der Waals surface area contributed by atoms with E-state index in [0.29, 0.717) is 25.6 Å². The van der Waals surface area contributed by atoms with Crippen LogP contribution in [0.2, 0.25) is 0 Å². The van der Waals surface area contributed by atoms with Crippen molar-refractivity contribution < 1.29 is 14.3 Å². The minimum atomic E-state index is -0.0796. The molecule has 1 amide bonds. The summed E-state index contributed by atoms with van der Waals surface area (Å²) in [4.78, 5) is 18.3. The van der Waals surface area contributed by atoms with Crippen LogP contribution in [0.1, 0.15) is 36.0 Å². The molecule has 0 unspecified atom stereocenters. The number of nitrogens with zero attached hydrogens (tertiary/aromatic N) is 2. The van der Waals surface area contributed by atoms with Crippen molar-refractivity contribution >= 4 is 17.2 Å². The summed E-state index contributed by atoms with van der Waals surface area (Å²) in [6.07, 6.45) is 1.70. The summed E-state index contributed by atoms with van der Waals surface area (Å²) >= 11 is 1.54. The highest BCUT2D eigenvalue weighted by Gasteiger charge is 2.15. The number of amides is 1. The van der Waals surface area contributed by atoms with Crippen LogP contribution in [0, 0.1) is 0 Å². The number of thiazole rings is 1. The summed E-state index contributed by atoms with van der Waals surface area (Å²) < 4.78 is 10.9. The van der Waals surface area contributed by atoms with E-state index in [-0.39, 0.29) is 12.5 Å². The Balaban J connectivity index is 1.99. The number of aromatic nitrogens is 1. The number of rotatable bonds is 10. The normalized spacial score (nSPS) is 10.8. The van der Waals surface area contributed by atoms with Crippen molar-refractivity contribution in [2.75, 3.05) is 20.3 Å². The SMILES string of the molecule is C=CCN(Cc1csc(COc2ccccc2C(C)C)n1)C(=O)COC. The van der Waals surface area contributed by atoms with Crippen molar-refractivity contribution in [1.29, 1.82) is 0 Å². The number of hydrogen-bond acceptors (Lipinski definition) is 5. The highest BCUT2D eigenvalue weighted by atomic mass is 32.1. The summed E-state index contributed by atoms with van der Waals surface area (Å²) in [6, 6.07) is 8.07. The second kappa shape index (κ2) is 10.1. The molecular weight excluding hydrogens is 348 g/mol. The molecule has 140 valence electrons. The smallest absolute Gasteiger partial charge is 0.249 e. The molecule has 6 heteroatoms. The number of methoxy groups -OCH3 is 1. The zero-order chi connectivity index (χ0) is 18.9. The van der Waals surface area contributed by atoms with Crippen molar-refractivity contribution in [3.63, 3.8) is 0 Å². The van der Waals surface area contributed by atoms with E-state index < -0.39 is 0 Å². The van der Waals surface area contributed by atoms with Gasteiger partial charge < -0.3 is 14.4 Å². The number of benzene rings is 1. The average molecular weight is 375 g/mol. The molecule has 0 N–H and O–H groups in total. The standard InChI is InChI=1S/C20H26N2O3S/c1-5-10-22(20(23)13-24-4)11-16-14-26-19(21-16)12-25-18-9-7-6-8-17(18)15(2)3/h5-9,14-15H,1,10-13H2,2-4H3.